The van der Waals surface area contributed by atoms with Crippen LogP contribution in [0.25, 0.3) is 6.08 Å². The van der Waals surface area contributed by atoms with Crippen molar-refractivity contribution in [3.8, 4) is 0 Å². The second-order valence-corrected chi connectivity index (χ2v) is 5.11. The van der Waals surface area contributed by atoms with Gasteiger partial charge in [-0.1, -0.05) is 43.1 Å². The van der Waals surface area contributed by atoms with Gasteiger partial charge in [0.2, 0.25) is 0 Å². The van der Waals surface area contributed by atoms with E-state index in [-0.39, 0.29) is 58.2 Å². The molecular weight excluding hydrogens is 276 g/mol. The maximum absolute atomic E-state index is 12.8. The normalized spacial score (nSPS) is 18.1. The summed E-state index contributed by atoms with van der Waals surface area (Å²) in [6, 6.07) is 7.32. The molecule has 1 aromatic carbocycles. The predicted octanol–water partition coefficient (Wildman–Crippen LogP) is 0.605. The Morgan fingerprint density at radius 3 is 2.53 bits per heavy atom. The number of anilines is 1. The number of benzene rings is 1. The standard InChI is InChI=1S/C12H13B2F3N.K/c15-14(16,17)9-18-12-4-2-1-3-10(12)7-8-13(18)11-5-6-11;/h1-4,7-8,11H,5-6,9H2;/q-1;+1. The van der Waals surface area contributed by atoms with Crippen molar-refractivity contribution in [1.82, 2.24) is 0 Å². The molecular formula is C12H13B2F3KN. The van der Waals surface area contributed by atoms with Crippen molar-refractivity contribution < 1.29 is 64.3 Å². The van der Waals surface area contributed by atoms with Crippen LogP contribution >= 0.6 is 0 Å². The molecule has 1 aromatic rings. The first-order chi connectivity index (χ1) is 8.54. The summed E-state index contributed by atoms with van der Waals surface area (Å²) in [6.45, 7) is -4.88. The van der Waals surface area contributed by atoms with Crippen molar-refractivity contribution in [2.75, 3.05) is 11.3 Å². The molecule has 7 heteroatoms. The van der Waals surface area contributed by atoms with E-state index < -0.39 is 13.4 Å². The molecule has 19 heavy (non-hydrogen) atoms. The summed E-state index contributed by atoms with van der Waals surface area (Å²) in [4.78, 5) is 1.53. The number of halogens is 3. The third kappa shape index (κ3) is 3.70. The molecule has 1 fully saturated rings. The summed E-state index contributed by atoms with van der Waals surface area (Å²) < 4.78 is 38.4. The second-order valence-electron chi connectivity index (χ2n) is 5.11. The molecule has 2 aliphatic rings. The number of hydrogen-bond acceptors (Lipinski definition) is 1. The third-order valence-corrected chi connectivity index (χ3v) is 3.59. The van der Waals surface area contributed by atoms with Crippen LogP contribution in [0, 0.1) is 0 Å². The van der Waals surface area contributed by atoms with E-state index in [0.717, 1.165) is 24.1 Å². The maximum Gasteiger partial charge on any atom is 1.00 e. The fraction of sp³-hybridized carbons (Fsp3) is 0.333. The molecule has 3 rings (SSSR count). The van der Waals surface area contributed by atoms with E-state index in [1.165, 1.54) is 4.81 Å². The Balaban J connectivity index is 0.00000133. The predicted molar refractivity (Wildman–Crippen MR) is 70.6 cm³/mol. The molecule has 1 aliphatic carbocycles. The summed E-state index contributed by atoms with van der Waals surface area (Å²) in [7, 11) is 0. The van der Waals surface area contributed by atoms with E-state index >= 15 is 0 Å². The van der Waals surface area contributed by atoms with Crippen molar-refractivity contribution in [3.05, 3.63) is 35.8 Å². The number of hydrogen-bond donors (Lipinski definition) is 0. The van der Waals surface area contributed by atoms with Crippen LogP contribution in [0.1, 0.15) is 18.4 Å². The van der Waals surface area contributed by atoms with Gasteiger partial charge in [-0.2, -0.15) is 0 Å². The molecule has 0 aromatic heterocycles. The Bertz CT molecular complexity index is 488. The van der Waals surface area contributed by atoms with Crippen LogP contribution in [0.4, 0.5) is 18.6 Å². The summed E-state index contributed by atoms with van der Waals surface area (Å²) >= 11 is 0. The Morgan fingerprint density at radius 2 is 1.89 bits per heavy atom. The summed E-state index contributed by atoms with van der Waals surface area (Å²) in [6.07, 6.45) is 3.23. The zero-order valence-electron chi connectivity index (χ0n) is 10.9. The minimum Gasteiger partial charge on any atom is -0.448 e. The molecule has 1 aliphatic heterocycles. The van der Waals surface area contributed by atoms with Crippen molar-refractivity contribution in [1.29, 1.82) is 0 Å². The van der Waals surface area contributed by atoms with Crippen LogP contribution in [0.5, 0.6) is 0 Å². The van der Waals surface area contributed by atoms with Gasteiger partial charge in [-0.25, -0.2) is 0 Å². The Morgan fingerprint density at radius 1 is 1.21 bits per heavy atom. The minimum absolute atomic E-state index is 0. The fourth-order valence-electron chi connectivity index (χ4n) is 2.65. The Labute approximate surface area is 154 Å². The van der Waals surface area contributed by atoms with Crippen molar-refractivity contribution in [2.24, 2.45) is 0 Å². The van der Waals surface area contributed by atoms with E-state index in [4.69, 9.17) is 0 Å². The maximum atomic E-state index is 12.8. The quantitative estimate of drug-likeness (QED) is 0.737. The van der Waals surface area contributed by atoms with Gasteiger partial charge in [-0.3, -0.25) is 0 Å². The fourth-order valence-corrected chi connectivity index (χ4v) is 2.65. The number of fused-ring (bicyclic) bond motifs is 1. The van der Waals surface area contributed by atoms with Crippen LogP contribution in [0.3, 0.4) is 0 Å². The molecule has 0 atom stereocenters. The molecule has 1 heterocycles. The van der Waals surface area contributed by atoms with E-state index in [1.54, 1.807) is 12.1 Å². The SMILES string of the molecule is F[B-](F)(F)CN1B(C2CC2)C=Cc2ccccc21.[K+]. The molecule has 0 radical (unpaired) electrons. The van der Waals surface area contributed by atoms with Gasteiger partial charge >= 0.3 is 58.4 Å². The molecule has 0 N–H and O–H groups in total. The van der Waals surface area contributed by atoms with Crippen molar-refractivity contribution in [3.63, 3.8) is 0 Å². The van der Waals surface area contributed by atoms with Gasteiger partial charge in [0.15, 0.2) is 0 Å². The topological polar surface area (TPSA) is 3.24 Å². The van der Waals surface area contributed by atoms with Gasteiger partial charge in [-0.05, 0) is 23.9 Å². The van der Waals surface area contributed by atoms with Crippen molar-refractivity contribution in [2.45, 2.75) is 18.7 Å². The minimum atomic E-state index is -4.80. The van der Waals surface area contributed by atoms with Crippen LogP contribution in [0.2, 0.25) is 5.82 Å². The third-order valence-electron chi connectivity index (χ3n) is 3.59. The van der Waals surface area contributed by atoms with Crippen LogP contribution in [0.15, 0.2) is 30.2 Å². The smallest absolute Gasteiger partial charge is 0.448 e. The zero-order valence-corrected chi connectivity index (χ0v) is 14.0. The Hall–Kier alpha value is 0.316. The van der Waals surface area contributed by atoms with E-state index in [2.05, 4.69) is 0 Å². The van der Waals surface area contributed by atoms with E-state index in [9.17, 15) is 12.9 Å². The molecule has 0 bridgehead atoms. The van der Waals surface area contributed by atoms with E-state index in [1.807, 2.05) is 24.2 Å². The molecule has 1 saturated carbocycles. The molecule has 0 spiro atoms. The van der Waals surface area contributed by atoms with Crippen LogP contribution in [-0.2, 0) is 0 Å². The van der Waals surface area contributed by atoms with E-state index in [0.29, 0.717) is 5.82 Å². The zero-order chi connectivity index (χ0) is 12.8. The number of rotatable bonds is 3. The summed E-state index contributed by atoms with van der Waals surface area (Å²) in [5.41, 5.74) is 1.60. The van der Waals surface area contributed by atoms with Crippen LogP contribution < -0.4 is 56.2 Å². The largest absolute Gasteiger partial charge is 1.00 e. The van der Waals surface area contributed by atoms with Crippen LogP contribution in [-0.4, -0.2) is 20.3 Å². The number of nitrogens with zero attached hydrogens (tertiary/aromatic N) is 1. The molecule has 0 saturated heterocycles. The molecule has 0 amide bonds. The molecule has 94 valence electrons. The first kappa shape index (κ1) is 15.7. The van der Waals surface area contributed by atoms with Gasteiger partial charge in [0.1, 0.15) is 0 Å². The Kier molecular flexibility index (Phi) is 4.94. The monoisotopic (exact) mass is 289 g/mol. The molecule has 0 unspecified atom stereocenters. The van der Waals surface area contributed by atoms with Gasteiger partial charge in [0.05, 0.1) is 0 Å². The average Bonchev–Trinajstić information content (AvgIpc) is 3.12. The first-order valence-corrected chi connectivity index (χ1v) is 6.29. The van der Waals surface area contributed by atoms with Gasteiger partial charge in [0.25, 0.3) is 6.85 Å². The summed E-state index contributed by atoms with van der Waals surface area (Å²) in [5.74, 6) is 2.33. The average molecular weight is 289 g/mol. The van der Waals surface area contributed by atoms with Gasteiger partial charge < -0.3 is 17.8 Å². The summed E-state index contributed by atoms with van der Waals surface area (Å²) in [5, 5.41) is 0. The van der Waals surface area contributed by atoms with Gasteiger partial charge in [-0.15, -0.1) is 0 Å². The van der Waals surface area contributed by atoms with Crippen molar-refractivity contribution >= 4 is 25.6 Å². The first-order valence-electron chi connectivity index (χ1n) is 6.29. The van der Waals surface area contributed by atoms with Gasteiger partial charge in [0, 0.05) is 5.69 Å². The number of para-hydroxylation sites is 1. The second kappa shape index (κ2) is 5.98. The molecule has 1 nitrogen and oxygen atoms in total.